The summed E-state index contributed by atoms with van der Waals surface area (Å²) in [5.74, 6) is -1.27. The van der Waals surface area contributed by atoms with Crippen molar-refractivity contribution < 1.29 is 12.8 Å². The van der Waals surface area contributed by atoms with Crippen molar-refractivity contribution in [3.63, 3.8) is 0 Å². The molecule has 4 nitrogen and oxygen atoms in total. The second-order valence-corrected chi connectivity index (χ2v) is 6.06. The number of hydrogen-bond acceptors (Lipinski definition) is 4. The van der Waals surface area contributed by atoms with Gasteiger partial charge in [0.1, 0.15) is 5.82 Å². The summed E-state index contributed by atoms with van der Waals surface area (Å²) in [4.78, 5) is 0. The van der Waals surface area contributed by atoms with Crippen molar-refractivity contribution in [2.75, 3.05) is 5.75 Å². The number of benzene rings is 1. The van der Waals surface area contributed by atoms with Crippen molar-refractivity contribution in [1.29, 1.82) is 5.26 Å². The van der Waals surface area contributed by atoms with Gasteiger partial charge >= 0.3 is 0 Å². The fraction of sp³-hybridized carbons (Fsp3) is 0.364. The van der Waals surface area contributed by atoms with Crippen LogP contribution in [0.5, 0.6) is 0 Å². The highest BCUT2D eigenvalue weighted by atomic mass is 32.2. The molecule has 1 aromatic carbocycles. The molecule has 0 aromatic heterocycles. The van der Waals surface area contributed by atoms with E-state index in [2.05, 4.69) is 0 Å². The largest absolute Gasteiger partial charge is 0.327 e. The molecule has 0 radical (unpaired) electrons. The first kappa shape index (κ1) is 13.6. The van der Waals surface area contributed by atoms with Gasteiger partial charge in [0.05, 0.1) is 23.1 Å². The number of nitrogens with zero attached hydrogens (tertiary/aromatic N) is 1. The average Bonchev–Trinajstić information content (AvgIpc) is 2.19. The minimum Gasteiger partial charge on any atom is -0.327 e. The van der Waals surface area contributed by atoms with Gasteiger partial charge in [0.15, 0.2) is 9.84 Å². The maximum Gasteiger partial charge on any atom is 0.156 e. The van der Waals surface area contributed by atoms with E-state index in [1.807, 2.05) is 6.07 Å². The average molecular weight is 256 g/mol. The van der Waals surface area contributed by atoms with Crippen LogP contribution in [0.4, 0.5) is 4.39 Å². The third-order valence-corrected chi connectivity index (χ3v) is 3.85. The Morgan fingerprint density at radius 2 is 2.18 bits per heavy atom. The highest BCUT2D eigenvalue weighted by Gasteiger charge is 2.17. The Labute approximate surface area is 99.8 Å². The first-order chi connectivity index (χ1) is 7.84. The van der Waals surface area contributed by atoms with Crippen LogP contribution in [0.3, 0.4) is 0 Å². The smallest absolute Gasteiger partial charge is 0.156 e. The fourth-order valence-corrected chi connectivity index (χ4v) is 3.07. The zero-order valence-corrected chi connectivity index (χ0v) is 10.2. The predicted molar refractivity (Wildman–Crippen MR) is 62.3 cm³/mol. The molecule has 6 heteroatoms. The highest BCUT2D eigenvalue weighted by Crippen LogP contribution is 2.14. The Balaban J connectivity index is 2.99. The van der Waals surface area contributed by atoms with E-state index in [4.69, 9.17) is 11.0 Å². The minimum absolute atomic E-state index is 0.00435. The van der Waals surface area contributed by atoms with Gasteiger partial charge in [0.25, 0.3) is 0 Å². The third kappa shape index (κ3) is 4.13. The molecule has 0 aliphatic heterocycles. The standard InChI is InChI=1S/C11H13FN2O2S/c1-8(14)6-17(15,16)7-10-4-9(5-13)2-3-11(10)12/h2-4,8H,6-7,14H2,1H3. The molecular formula is C11H13FN2O2S. The molecule has 0 fully saturated rings. The van der Waals surface area contributed by atoms with Crippen LogP contribution in [0.2, 0.25) is 0 Å². The van der Waals surface area contributed by atoms with Gasteiger partial charge in [-0.2, -0.15) is 5.26 Å². The van der Waals surface area contributed by atoms with Crippen LogP contribution in [-0.2, 0) is 15.6 Å². The van der Waals surface area contributed by atoms with Gasteiger partial charge in [-0.05, 0) is 25.1 Å². The maximum absolute atomic E-state index is 13.4. The number of rotatable bonds is 4. The Hall–Kier alpha value is -1.45. The van der Waals surface area contributed by atoms with E-state index in [9.17, 15) is 12.8 Å². The minimum atomic E-state index is -3.46. The molecule has 0 heterocycles. The van der Waals surface area contributed by atoms with Crippen LogP contribution in [0.1, 0.15) is 18.1 Å². The number of sulfone groups is 1. The summed E-state index contributed by atoms with van der Waals surface area (Å²) in [6, 6.07) is 4.98. The SMILES string of the molecule is CC(N)CS(=O)(=O)Cc1cc(C#N)ccc1F. The second-order valence-electron chi connectivity index (χ2n) is 3.95. The summed E-state index contributed by atoms with van der Waals surface area (Å²) in [7, 11) is -3.46. The van der Waals surface area contributed by atoms with E-state index in [0.717, 1.165) is 6.07 Å². The molecule has 1 aromatic rings. The molecule has 1 atom stereocenters. The molecule has 0 spiro atoms. The molecule has 0 aliphatic rings. The van der Waals surface area contributed by atoms with Gasteiger partial charge in [-0.25, -0.2) is 12.8 Å². The fourth-order valence-electron chi connectivity index (χ4n) is 1.45. The summed E-state index contributed by atoms with van der Waals surface area (Å²) in [5, 5.41) is 8.65. The molecule has 1 unspecified atom stereocenters. The van der Waals surface area contributed by atoms with E-state index in [1.54, 1.807) is 6.92 Å². The first-order valence-electron chi connectivity index (χ1n) is 4.98. The molecule has 92 valence electrons. The lowest BCUT2D eigenvalue weighted by molar-refractivity contribution is 0.582. The van der Waals surface area contributed by atoms with Gasteiger partial charge in [-0.3, -0.25) is 0 Å². The Morgan fingerprint density at radius 1 is 1.53 bits per heavy atom. The molecule has 0 saturated heterocycles. The van der Waals surface area contributed by atoms with E-state index < -0.39 is 27.4 Å². The van der Waals surface area contributed by atoms with E-state index in [-0.39, 0.29) is 16.9 Å². The normalized spacial score (nSPS) is 13.1. The van der Waals surface area contributed by atoms with Gasteiger partial charge < -0.3 is 5.73 Å². The van der Waals surface area contributed by atoms with Crippen molar-refractivity contribution in [1.82, 2.24) is 0 Å². The summed E-state index contributed by atoms with van der Waals surface area (Å²) < 4.78 is 36.6. The Morgan fingerprint density at radius 3 is 2.71 bits per heavy atom. The van der Waals surface area contributed by atoms with Crippen molar-refractivity contribution in [3.8, 4) is 6.07 Å². The van der Waals surface area contributed by atoms with Crippen molar-refractivity contribution in [2.45, 2.75) is 18.7 Å². The summed E-state index contributed by atoms with van der Waals surface area (Å²) in [6.45, 7) is 1.57. The van der Waals surface area contributed by atoms with E-state index in [1.165, 1.54) is 12.1 Å². The Kier molecular flexibility index (Phi) is 4.21. The van der Waals surface area contributed by atoms with Crippen molar-refractivity contribution >= 4 is 9.84 Å². The zero-order valence-electron chi connectivity index (χ0n) is 9.35. The van der Waals surface area contributed by atoms with Crippen LogP contribution in [-0.4, -0.2) is 20.2 Å². The van der Waals surface area contributed by atoms with E-state index >= 15 is 0 Å². The predicted octanol–water partition coefficient (Wildman–Crippen LogP) is 0.959. The lowest BCUT2D eigenvalue weighted by Crippen LogP contribution is -2.27. The lowest BCUT2D eigenvalue weighted by Gasteiger charge is -2.08. The highest BCUT2D eigenvalue weighted by molar-refractivity contribution is 7.90. The second kappa shape index (κ2) is 5.25. The van der Waals surface area contributed by atoms with Crippen LogP contribution in [0.15, 0.2) is 18.2 Å². The molecule has 17 heavy (non-hydrogen) atoms. The molecule has 1 rings (SSSR count). The third-order valence-electron chi connectivity index (χ3n) is 2.07. The molecule has 0 amide bonds. The summed E-state index contributed by atoms with van der Waals surface area (Å²) >= 11 is 0. The number of nitriles is 1. The molecule has 0 bridgehead atoms. The Bertz CT molecular complexity index is 547. The van der Waals surface area contributed by atoms with Gasteiger partial charge in [-0.1, -0.05) is 0 Å². The van der Waals surface area contributed by atoms with Crippen molar-refractivity contribution in [3.05, 3.63) is 35.1 Å². The monoisotopic (exact) mass is 256 g/mol. The summed E-state index contributed by atoms with van der Waals surface area (Å²) in [5.41, 5.74) is 5.64. The lowest BCUT2D eigenvalue weighted by atomic mass is 10.1. The quantitative estimate of drug-likeness (QED) is 0.869. The van der Waals surface area contributed by atoms with Gasteiger partial charge in [0.2, 0.25) is 0 Å². The van der Waals surface area contributed by atoms with Gasteiger partial charge in [-0.15, -0.1) is 0 Å². The topological polar surface area (TPSA) is 84.0 Å². The van der Waals surface area contributed by atoms with E-state index in [0.29, 0.717) is 0 Å². The molecule has 2 N–H and O–H groups in total. The molecular weight excluding hydrogens is 243 g/mol. The number of nitrogens with two attached hydrogens (primary N) is 1. The summed E-state index contributed by atoms with van der Waals surface area (Å²) in [6.07, 6.45) is 0. The van der Waals surface area contributed by atoms with Crippen LogP contribution < -0.4 is 5.73 Å². The van der Waals surface area contributed by atoms with Crippen molar-refractivity contribution in [2.24, 2.45) is 5.73 Å². The number of halogens is 1. The number of hydrogen-bond donors (Lipinski definition) is 1. The first-order valence-corrected chi connectivity index (χ1v) is 6.81. The van der Waals surface area contributed by atoms with Crippen LogP contribution in [0, 0.1) is 17.1 Å². The molecule has 0 aliphatic carbocycles. The maximum atomic E-state index is 13.4. The zero-order chi connectivity index (χ0) is 13.1. The van der Waals surface area contributed by atoms with Crippen LogP contribution >= 0.6 is 0 Å². The van der Waals surface area contributed by atoms with Crippen LogP contribution in [0.25, 0.3) is 0 Å². The molecule has 0 saturated carbocycles. The van der Waals surface area contributed by atoms with Gasteiger partial charge in [0, 0.05) is 11.6 Å².